The number of nitrogens with zero attached hydrogens (tertiary/aromatic N) is 5. The van der Waals surface area contributed by atoms with Crippen molar-refractivity contribution in [2.75, 3.05) is 36.1 Å². The normalized spacial score (nSPS) is 20.0. The van der Waals surface area contributed by atoms with Crippen molar-refractivity contribution in [1.29, 1.82) is 0 Å². The predicted octanol–water partition coefficient (Wildman–Crippen LogP) is 4.59. The molecule has 1 aromatic carbocycles. The summed E-state index contributed by atoms with van der Waals surface area (Å²) < 4.78 is 7.78. The molecule has 182 valence electrons. The molecule has 0 saturated carbocycles. The molecule has 4 aromatic rings. The summed E-state index contributed by atoms with van der Waals surface area (Å²) >= 11 is 5.94. The Balaban J connectivity index is 1.44. The SMILES string of the molecule is Cc1ccc([C@H]2[C@@H](c3ccccn3)NC(=S)N2c2ccc(N3CCOCC3)cc2)n1-c1cccnc1. The van der Waals surface area contributed by atoms with Crippen LogP contribution in [0.1, 0.15) is 29.2 Å². The van der Waals surface area contributed by atoms with Gasteiger partial charge in [0.2, 0.25) is 0 Å². The number of aromatic nitrogens is 3. The smallest absolute Gasteiger partial charge is 0.174 e. The van der Waals surface area contributed by atoms with E-state index in [-0.39, 0.29) is 12.1 Å². The summed E-state index contributed by atoms with van der Waals surface area (Å²) in [5.41, 5.74) is 6.49. The number of aryl methyl sites for hydroxylation is 1. The molecule has 2 aliphatic rings. The zero-order valence-electron chi connectivity index (χ0n) is 20.1. The molecule has 2 aliphatic heterocycles. The molecule has 2 saturated heterocycles. The number of ether oxygens (including phenoxy) is 1. The quantitative estimate of drug-likeness (QED) is 0.406. The molecule has 0 radical (unpaired) electrons. The second-order valence-electron chi connectivity index (χ2n) is 9.06. The summed E-state index contributed by atoms with van der Waals surface area (Å²) in [6.07, 6.45) is 5.53. The second kappa shape index (κ2) is 9.72. The lowest BCUT2D eigenvalue weighted by Gasteiger charge is -2.31. The number of thiocarbonyl (C=S) groups is 1. The van der Waals surface area contributed by atoms with Crippen molar-refractivity contribution in [1.82, 2.24) is 19.9 Å². The van der Waals surface area contributed by atoms with Crippen molar-refractivity contribution in [3.8, 4) is 5.69 Å². The van der Waals surface area contributed by atoms with Crippen molar-refractivity contribution in [3.05, 3.63) is 102 Å². The Morgan fingerprint density at radius 1 is 0.889 bits per heavy atom. The highest BCUT2D eigenvalue weighted by molar-refractivity contribution is 7.80. The van der Waals surface area contributed by atoms with Gasteiger partial charge in [-0.1, -0.05) is 6.07 Å². The van der Waals surface area contributed by atoms with Crippen LogP contribution in [0.3, 0.4) is 0 Å². The average Bonchev–Trinajstić information content (AvgIpc) is 3.49. The standard InChI is InChI=1S/C28H28N6OS/c1-20-7-12-25(33(20)23-5-4-13-29-19-23)27-26(24-6-2-3-14-30-24)31-28(36)34(27)22-10-8-21(9-11-22)32-15-17-35-18-16-32/h2-14,19,26-27H,15-18H2,1H3,(H,31,36)/t26-,27+/m1/s1. The van der Waals surface area contributed by atoms with E-state index in [4.69, 9.17) is 21.9 Å². The minimum absolute atomic E-state index is 0.101. The molecule has 1 N–H and O–H groups in total. The predicted molar refractivity (Wildman–Crippen MR) is 146 cm³/mol. The second-order valence-corrected chi connectivity index (χ2v) is 9.45. The van der Waals surface area contributed by atoms with Gasteiger partial charge < -0.3 is 24.4 Å². The van der Waals surface area contributed by atoms with Crippen LogP contribution in [0.25, 0.3) is 5.69 Å². The zero-order valence-corrected chi connectivity index (χ0v) is 20.9. The van der Waals surface area contributed by atoms with Gasteiger partial charge in [0, 0.05) is 48.2 Å². The zero-order chi connectivity index (χ0) is 24.5. The number of anilines is 2. The maximum absolute atomic E-state index is 5.94. The van der Waals surface area contributed by atoms with E-state index in [0.29, 0.717) is 5.11 Å². The summed E-state index contributed by atoms with van der Waals surface area (Å²) in [5.74, 6) is 0. The van der Waals surface area contributed by atoms with Crippen molar-refractivity contribution in [2.24, 2.45) is 0 Å². The molecule has 2 atom stereocenters. The average molecular weight is 497 g/mol. The van der Waals surface area contributed by atoms with Crippen LogP contribution in [-0.2, 0) is 4.74 Å². The van der Waals surface area contributed by atoms with Crippen molar-refractivity contribution in [3.63, 3.8) is 0 Å². The Morgan fingerprint density at radius 2 is 1.69 bits per heavy atom. The molecular weight excluding hydrogens is 468 g/mol. The van der Waals surface area contributed by atoms with Crippen LogP contribution in [0.15, 0.2) is 85.3 Å². The van der Waals surface area contributed by atoms with E-state index in [1.54, 1.807) is 6.20 Å². The highest BCUT2D eigenvalue weighted by atomic mass is 32.1. The van der Waals surface area contributed by atoms with Gasteiger partial charge in [0.05, 0.1) is 36.8 Å². The van der Waals surface area contributed by atoms with Crippen molar-refractivity contribution < 1.29 is 4.74 Å². The van der Waals surface area contributed by atoms with Gasteiger partial charge in [0.15, 0.2) is 5.11 Å². The maximum atomic E-state index is 5.94. The number of morpholine rings is 1. The van der Waals surface area contributed by atoms with E-state index >= 15 is 0 Å². The fourth-order valence-electron chi connectivity index (χ4n) is 5.21. The maximum Gasteiger partial charge on any atom is 0.174 e. The van der Waals surface area contributed by atoms with Gasteiger partial charge in [-0.25, -0.2) is 0 Å². The van der Waals surface area contributed by atoms with Gasteiger partial charge >= 0.3 is 0 Å². The Kier molecular flexibility index (Phi) is 6.13. The molecular formula is C28H28N6OS. The fourth-order valence-corrected chi connectivity index (χ4v) is 5.55. The third kappa shape index (κ3) is 4.12. The lowest BCUT2D eigenvalue weighted by Crippen LogP contribution is -2.36. The van der Waals surface area contributed by atoms with Crippen LogP contribution in [0.5, 0.6) is 0 Å². The number of pyridine rings is 2. The molecule has 0 amide bonds. The van der Waals surface area contributed by atoms with Gasteiger partial charge in [-0.05, 0) is 79.8 Å². The minimum atomic E-state index is -0.109. The molecule has 0 spiro atoms. The van der Waals surface area contributed by atoms with Crippen molar-refractivity contribution in [2.45, 2.75) is 19.0 Å². The molecule has 0 unspecified atom stereocenters. The van der Waals surface area contributed by atoms with Crippen LogP contribution in [0, 0.1) is 6.92 Å². The molecule has 8 heteroatoms. The molecule has 0 aliphatic carbocycles. The first-order valence-corrected chi connectivity index (χ1v) is 12.6. The molecule has 5 heterocycles. The topological polar surface area (TPSA) is 58.5 Å². The van der Waals surface area contributed by atoms with Gasteiger partial charge in [0.1, 0.15) is 6.04 Å². The number of benzene rings is 1. The van der Waals surface area contributed by atoms with E-state index in [0.717, 1.165) is 54.8 Å². The van der Waals surface area contributed by atoms with E-state index < -0.39 is 0 Å². The Hall–Kier alpha value is -3.75. The summed E-state index contributed by atoms with van der Waals surface area (Å²) in [4.78, 5) is 13.6. The highest BCUT2D eigenvalue weighted by Crippen LogP contribution is 2.43. The Bertz CT molecular complexity index is 1340. The van der Waals surface area contributed by atoms with Gasteiger partial charge in [0.25, 0.3) is 0 Å². The molecule has 6 rings (SSSR count). The Morgan fingerprint density at radius 3 is 2.42 bits per heavy atom. The largest absolute Gasteiger partial charge is 0.378 e. The molecule has 36 heavy (non-hydrogen) atoms. The van der Waals surface area contributed by atoms with Crippen LogP contribution >= 0.6 is 12.2 Å². The van der Waals surface area contributed by atoms with E-state index in [1.807, 2.05) is 30.6 Å². The van der Waals surface area contributed by atoms with Crippen LogP contribution in [-0.4, -0.2) is 46.0 Å². The van der Waals surface area contributed by atoms with Gasteiger partial charge in [-0.2, -0.15) is 0 Å². The van der Waals surface area contributed by atoms with Gasteiger partial charge in [-0.15, -0.1) is 0 Å². The summed E-state index contributed by atoms with van der Waals surface area (Å²) in [6, 6.07) is 22.9. The van der Waals surface area contributed by atoms with Crippen molar-refractivity contribution >= 4 is 28.7 Å². The lowest BCUT2D eigenvalue weighted by atomic mass is 10.0. The molecule has 0 bridgehead atoms. The highest BCUT2D eigenvalue weighted by Gasteiger charge is 2.42. The first kappa shape index (κ1) is 22.7. The first-order chi connectivity index (χ1) is 17.7. The fraction of sp³-hybridized carbons (Fsp3) is 0.250. The number of rotatable bonds is 5. The number of hydrogen-bond donors (Lipinski definition) is 1. The molecule has 7 nitrogen and oxygen atoms in total. The van der Waals surface area contributed by atoms with Crippen LogP contribution in [0.4, 0.5) is 11.4 Å². The van der Waals surface area contributed by atoms with Crippen LogP contribution < -0.4 is 15.1 Å². The number of hydrogen-bond acceptors (Lipinski definition) is 5. The lowest BCUT2D eigenvalue weighted by molar-refractivity contribution is 0.122. The van der Waals surface area contributed by atoms with E-state index in [9.17, 15) is 0 Å². The third-order valence-corrected chi connectivity index (χ3v) is 7.23. The minimum Gasteiger partial charge on any atom is -0.378 e. The summed E-state index contributed by atoms with van der Waals surface area (Å²) in [5, 5.41) is 4.26. The van der Waals surface area contributed by atoms with E-state index in [1.165, 1.54) is 5.69 Å². The third-order valence-electron chi connectivity index (χ3n) is 6.92. The summed E-state index contributed by atoms with van der Waals surface area (Å²) in [6.45, 7) is 5.46. The van der Waals surface area contributed by atoms with Gasteiger partial charge in [-0.3, -0.25) is 9.97 Å². The number of nitrogens with one attached hydrogen (secondary N) is 1. The molecule has 2 fully saturated rings. The first-order valence-electron chi connectivity index (χ1n) is 12.2. The summed E-state index contributed by atoms with van der Waals surface area (Å²) in [7, 11) is 0. The van der Waals surface area contributed by atoms with E-state index in [2.05, 4.69) is 80.1 Å². The monoisotopic (exact) mass is 496 g/mol. The van der Waals surface area contributed by atoms with Crippen LogP contribution in [0.2, 0.25) is 0 Å². The Labute approximate surface area is 216 Å². The molecule has 3 aromatic heterocycles.